The van der Waals surface area contributed by atoms with Crippen molar-refractivity contribution in [1.82, 2.24) is 10.3 Å². The molecular weight excluding hydrogens is 382 g/mol. The van der Waals surface area contributed by atoms with Gasteiger partial charge in [0.15, 0.2) is 0 Å². The summed E-state index contributed by atoms with van der Waals surface area (Å²) in [5, 5.41) is 6.46. The zero-order chi connectivity index (χ0) is 20.5. The summed E-state index contributed by atoms with van der Waals surface area (Å²) in [6, 6.07) is 7.36. The van der Waals surface area contributed by atoms with Crippen molar-refractivity contribution >= 4 is 18.2 Å². The minimum absolute atomic E-state index is 0.121. The van der Waals surface area contributed by atoms with E-state index >= 15 is 0 Å². The molecule has 6 nitrogen and oxygen atoms in total. The predicted octanol–water partition coefficient (Wildman–Crippen LogP) is 3.37. The Labute approximate surface area is 156 Å². The molecule has 1 heterocycles. The number of alkyl halides is 2. The lowest BCUT2D eigenvalue weighted by molar-refractivity contribution is -0.131. The van der Waals surface area contributed by atoms with Crippen molar-refractivity contribution in [2.45, 2.75) is 19.1 Å². The molecule has 1 fully saturated rings. The first-order valence-electron chi connectivity index (χ1n) is 7.92. The number of hydrogen-bond donors (Lipinski definition) is 1. The number of ether oxygens (including phenoxy) is 1. The number of carbonyl (C=O) groups excluding carboxylic acids is 2. The molecule has 146 valence electrons. The second-order valence-electron chi connectivity index (χ2n) is 5.95. The van der Waals surface area contributed by atoms with Gasteiger partial charge >= 0.3 is 12.6 Å². The normalized spacial score (nSPS) is 19.6. The Balaban J connectivity index is 1.85. The molecule has 1 saturated heterocycles. The third kappa shape index (κ3) is 3.53. The smallest absolute Gasteiger partial charge is 0.387 e. The van der Waals surface area contributed by atoms with Crippen LogP contribution in [0.25, 0.3) is 0 Å². The molecule has 10 heteroatoms. The molecule has 1 aliphatic heterocycles. The Morgan fingerprint density at radius 1 is 1.11 bits per heavy atom. The van der Waals surface area contributed by atoms with Crippen molar-refractivity contribution in [3.05, 3.63) is 65.2 Å². The van der Waals surface area contributed by atoms with Gasteiger partial charge in [0, 0.05) is 0 Å². The zero-order valence-corrected chi connectivity index (χ0v) is 14.3. The summed E-state index contributed by atoms with van der Waals surface area (Å²) in [4.78, 5) is 24.8. The van der Waals surface area contributed by atoms with Gasteiger partial charge in [0.25, 0.3) is 5.91 Å². The fraction of sp³-hybridized carbons (Fsp3) is 0.167. The summed E-state index contributed by atoms with van der Waals surface area (Å²) in [7, 11) is 0. The van der Waals surface area contributed by atoms with Gasteiger partial charge < -0.3 is 10.1 Å². The van der Waals surface area contributed by atoms with E-state index in [0.717, 1.165) is 24.4 Å². The number of urea groups is 1. The molecule has 0 aromatic heterocycles. The predicted molar refractivity (Wildman–Crippen MR) is 89.8 cm³/mol. The first-order chi connectivity index (χ1) is 13.2. The number of hydrogen-bond acceptors (Lipinski definition) is 4. The molecule has 0 aliphatic carbocycles. The largest absolute Gasteiger partial charge is 0.435 e. The quantitative estimate of drug-likeness (QED) is 0.480. The summed E-state index contributed by atoms with van der Waals surface area (Å²) < 4.78 is 56.0. The minimum atomic E-state index is -3.00. The molecule has 1 atom stereocenters. The maximum absolute atomic E-state index is 13.7. The lowest BCUT2D eigenvalue weighted by Crippen LogP contribution is -2.40. The Kier molecular flexibility index (Phi) is 5.04. The van der Waals surface area contributed by atoms with E-state index in [4.69, 9.17) is 0 Å². The third-order valence-electron chi connectivity index (χ3n) is 4.13. The standard InChI is InChI=1S/C18H13F4N3O3/c1-18(10-5-7-11(8-6-10)28-16(21)22)15(26)25(17(27)24-18)23-9-12-13(19)3-2-4-14(12)20/h2-9,16H,1H3,(H,24,27). The van der Waals surface area contributed by atoms with Crippen LogP contribution in [0.2, 0.25) is 0 Å². The van der Waals surface area contributed by atoms with Crippen LogP contribution in [-0.2, 0) is 10.3 Å². The summed E-state index contributed by atoms with van der Waals surface area (Å²) in [5.74, 6) is -2.75. The van der Waals surface area contributed by atoms with Gasteiger partial charge in [0.05, 0.1) is 11.8 Å². The van der Waals surface area contributed by atoms with Crippen molar-refractivity contribution in [3.8, 4) is 5.75 Å². The van der Waals surface area contributed by atoms with Gasteiger partial charge in [0.1, 0.15) is 22.9 Å². The Bertz CT molecular complexity index is 929. The molecule has 3 amide bonds. The van der Waals surface area contributed by atoms with Crippen molar-refractivity contribution in [2.75, 3.05) is 0 Å². The molecule has 1 unspecified atom stereocenters. The third-order valence-corrected chi connectivity index (χ3v) is 4.13. The number of halogens is 4. The van der Waals surface area contributed by atoms with Crippen LogP contribution in [0.5, 0.6) is 5.75 Å². The molecule has 28 heavy (non-hydrogen) atoms. The molecule has 0 spiro atoms. The highest BCUT2D eigenvalue weighted by atomic mass is 19.3. The summed E-state index contributed by atoms with van der Waals surface area (Å²) in [5.41, 5.74) is -1.78. The Morgan fingerprint density at radius 2 is 1.71 bits per heavy atom. The van der Waals surface area contributed by atoms with Crippen LogP contribution in [0.1, 0.15) is 18.1 Å². The number of imide groups is 1. The van der Waals surface area contributed by atoms with Gasteiger partial charge in [-0.2, -0.15) is 13.9 Å². The van der Waals surface area contributed by atoms with Gasteiger partial charge in [-0.25, -0.2) is 13.6 Å². The molecule has 0 bridgehead atoms. The average molecular weight is 395 g/mol. The first-order valence-corrected chi connectivity index (χ1v) is 7.92. The van der Waals surface area contributed by atoms with Gasteiger partial charge in [-0.3, -0.25) is 4.79 Å². The molecule has 0 saturated carbocycles. The number of nitrogens with zero attached hydrogens (tertiary/aromatic N) is 2. The molecule has 1 N–H and O–H groups in total. The van der Waals surface area contributed by atoms with Crippen molar-refractivity contribution in [2.24, 2.45) is 5.10 Å². The van der Waals surface area contributed by atoms with E-state index in [1.54, 1.807) is 0 Å². The summed E-state index contributed by atoms with van der Waals surface area (Å²) in [6.45, 7) is -1.62. The first kappa shape index (κ1) is 19.3. The maximum Gasteiger partial charge on any atom is 0.387 e. The highest BCUT2D eigenvalue weighted by Crippen LogP contribution is 2.30. The summed E-state index contributed by atoms with van der Waals surface area (Å²) >= 11 is 0. The maximum atomic E-state index is 13.7. The number of amides is 3. The number of rotatable bonds is 5. The van der Waals surface area contributed by atoms with E-state index in [1.807, 2.05) is 0 Å². The molecular formula is C18H13F4N3O3. The lowest BCUT2D eigenvalue weighted by Gasteiger charge is -2.21. The van der Waals surface area contributed by atoms with Crippen LogP contribution >= 0.6 is 0 Å². The minimum Gasteiger partial charge on any atom is -0.435 e. The van der Waals surface area contributed by atoms with E-state index in [9.17, 15) is 27.2 Å². The lowest BCUT2D eigenvalue weighted by atomic mass is 9.92. The van der Waals surface area contributed by atoms with E-state index in [0.29, 0.717) is 5.01 Å². The number of nitrogens with one attached hydrogen (secondary N) is 1. The highest BCUT2D eigenvalue weighted by Gasteiger charge is 2.49. The van der Waals surface area contributed by atoms with Crippen LogP contribution in [-0.4, -0.2) is 29.8 Å². The fourth-order valence-corrected chi connectivity index (χ4v) is 2.64. The van der Waals surface area contributed by atoms with Crippen LogP contribution < -0.4 is 10.1 Å². The molecule has 2 aromatic rings. The monoisotopic (exact) mass is 395 g/mol. The van der Waals surface area contributed by atoms with E-state index in [-0.39, 0.29) is 11.3 Å². The van der Waals surface area contributed by atoms with Crippen molar-refractivity contribution < 1.29 is 31.9 Å². The van der Waals surface area contributed by atoms with Crippen LogP contribution in [0.3, 0.4) is 0 Å². The summed E-state index contributed by atoms with van der Waals surface area (Å²) in [6.07, 6.45) is 0.730. The fourth-order valence-electron chi connectivity index (χ4n) is 2.64. The van der Waals surface area contributed by atoms with Gasteiger partial charge in [-0.15, -0.1) is 5.01 Å². The van der Waals surface area contributed by atoms with Crippen LogP contribution in [0, 0.1) is 11.6 Å². The highest BCUT2D eigenvalue weighted by molar-refractivity contribution is 6.07. The SMILES string of the molecule is CC1(c2ccc(OC(F)F)cc2)NC(=O)N(N=Cc2c(F)cccc2F)C1=O. The van der Waals surface area contributed by atoms with Crippen molar-refractivity contribution in [1.29, 1.82) is 0 Å². The van der Waals surface area contributed by atoms with Gasteiger partial charge in [0.2, 0.25) is 0 Å². The molecule has 2 aromatic carbocycles. The van der Waals surface area contributed by atoms with Crippen LogP contribution in [0.15, 0.2) is 47.6 Å². The van der Waals surface area contributed by atoms with E-state index in [2.05, 4.69) is 15.2 Å². The Hall–Kier alpha value is -3.43. The zero-order valence-electron chi connectivity index (χ0n) is 14.3. The molecule has 3 rings (SSSR count). The second-order valence-corrected chi connectivity index (χ2v) is 5.95. The average Bonchev–Trinajstić information content (AvgIpc) is 2.85. The van der Waals surface area contributed by atoms with Crippen molar-refractivity contribution in [3.63, 3.8) is 0 Å². The van der Waals surface area contributed by atoms with Crippen LogP contribution in [0.4, 0.5) is 22.4 Å². The van der Waals surface area contributed by atoms with Gasteiger partial charge in [-0.05, 0) is 36.8 Å². The number of carbonyl (C=O) groups is 2. The number of hydrazone groups is 1. The second kappa shape index (κ2) is 7.29. The van der Waals surface area contributed by atoms with E-state index < -0.39 is 41.3 Å². The number of benzene rings is 2. The Morgan fingerprint density at radius 3 is 2.29 bits per heavy atom. The van der Waals surface area contributed by atoms with Gasteiger partial charge in [-0.1, -0.05) is 18.2 Å². The van der Waals surface area contributed by atoms with E-state index in [1.165, 1.54) is 31.2 Å². The topological polar surface area (TPSA) is 71.0 Å². The molecule has 0 radical (unpaired) electrons. The molecule has 1 aliphatic rings.